The number of nitrogens with zero attached hydrogens (tertiary/aromatic N) is 2. The van der Waals surface area contributed by atoms with Crippen molar-refractivity contribution in [2.45, 2.75) is 13.1 Å². The summed E-state index contributed by atoms with van der Waals surface area (Å²) in [6, 6.07) is 28.9. The van der Waals surface area contributed by atoms with E-state index in [1.54, 1.807) is 0 Å². The quantitative estimate of drug-likeness (QED) is 0.210. The summed E-state index contributed by atoms with van der Waals surface area (Å²) in [6.45, 7) is 1.25. The molecule has 1 heterocycles. The van der Waals surface area contributed by atoms with E-state index in [0.29, 0.717) is 16.6 Å². The van der Waals surface area contributed by atoms with Gasteiger partial charge in [-0.05, 0) is 34.5 Å². The molecular formula is C27H21Cl2N3. The topological polar surface area (TPSA) is 29.3 Å². The molecule has 0 saturated heterocycles. The van der Waals surface area contributed by atoms with E-state index >= 15 is 0 Å². The number of rotatable bonds is 6. The zero-order valence-electron chi connectivity index (χ0n) is 17.3. The summed E-state index contributed by atoms with van der Waals surface area (Å²) in [5.74, 6) is 0. The number of halogens is 2. The molecule has 3 nitrogen and oxygen atoms in total. The molecule has 5 rings (SSSR count). The Morgan fingerprint density at radius 2 is 1.47 bits per heavy atom. The van der Waals surface area contributed by atoms with Crippen LogP contribution in [0.3, 0.4) is 0 Å². The number of para-hydroxylation sites is 1. The van der Waals surface area contributed by atoms with Crippen LogP contribution in [0.15, 0.2) is 96.2 Å². The van der Waals surface area contributed by atoms with Crippen molar-refractivity contribution in [3.8, 4) is 0 Å². The largest absolute Gasteiger partial charge is 0.342 e. The lowest BCUT2D eigenvalue weighted by Crippen LogP contribution is -2.06. The normalized spacial score (nSPS) is 11.6. The van der Waals surface area contributed by atoms with Crippen LogP contribution in [0.2, 0.25) is 10.0 Å². The van der Waals surface area contributed by atoms with Crippen molar-refractivity contribution in [1.29, 1.82) is 0 Å². The SMILES string of the molecule is Clc1cccc(Cl)c1CN/N=C/c1cn(Cc2cccc3ccccc23)c2ccccc12. The summed E-state index contributed by atoms with van der Waals surface area (Å²) in [7, 11) is 0. The van der Waals surface area contributed by atoms with Gasteiger partial charge in [0.1, 0.15) is 0 Å². The van der Waals surface area contributed by atoms with E-state index in [-0.39, 0.29) is 0 Å². The number of benzene rings is 4. The van der Waals surface area contributed by atoms with Crippen molar-refractivity contribution < 1.29 is 0 Å². The zero-order valence-corrected chi connectivity index (χ0v) is 18.8. The number of fused-ring (bicyclic) bond motifs is 2. The Balaban J connectivity index is 1.42. The van der Waals surface area contributed by atoms with Gasteiger partial charge in [0, 0.05) is 44.8 Å². The molecule has 32 heavy (non-hydrogen) atoms. The number of hydrogen-bond acceptors (Lipinski definition) is 2. The van der Waals surface area contributed by atoms with Crippen LogP contribution in [0, 0.1) is 0 Å². The smallest absolute Gasteiger partial charge is 0.0609 e. The monoisotopic (exact) mass is 457 g/mol. The molecule has 0 amide bonds. The predicted molar refractivity (Wildman–Crippen MR) is 136 cm³/mol. The molecule has 0 aliphatic rings. The summed E-state index contributed by atoms with van der Waals surface area (Å²) in [5, 5.41) is 9.39. The van der Waals surface area contributed by atoms with Gasteiger partial charge in [-0.25, -0.2) is 0 Å². The van der Waals surface area contributed by atoms with E-state index in [0.717, 1.165) is 23.1 Å². The lowest BCUT2D eigenvalue weighted by atomic mass is 10.0. The summed E-state index contributed by atoms with van der Waals surface area (Å²) in [6.07, 6.45) is 4.01. The van der Waals surface area contributed by atoms with Gasteiger partial charge in [-0.2, -0.15) is 5.10 Å². The standard InChI is InChI=1S/C27H21Cl2N3/c28-25-12-6-13-26(29)24(25)16-31-30-15-21-18-32(27-14-4-3-11-23(21)27)17-20-9-5-8-19-7-1-2-10-22(19)20/h1-15,18,31H,16-17H2/b30-15+. The first-order valence-corrected chi connectivity index (χ1v) is 11.2. The average Bonchev–Trinajstić information content (AvgIpc) is 3.16. The van der Waals surface area contributed by atoms with E-state index in [1.165, 1.54) is 21.9 Å². The molecule has 0 atom stereocenters. The Bertz CT molecular complexity index is 1410. The Morgan fingerprint density at radius 3 is 2.31 bits per heavy atom. The van der Waals surface area contributed by atoms with Crippen molar-refractivity contribution in [1.82, 2.24) is 9.99 Å². The fourth-order valence-corrected chi connectivity index (χ4v) is 4.59. The van der Waals surface area contributed by atoms with Gasteiger partial charge >= 0.3 is 0 Å². The van der Waals surface area contributed by atoms with Gasteiger partial charge in [-0.3, -0.25) is 0 Å². The van der Waals surface area contributed by atoms with Crippen LogP contribution in [0.5, 0.6) is 0 Å². The summed E-state index contributed by atoms with van der Waals surface area (Å²) in [5.41, 5.74) is 7.43. The molecule has 0 spiro atoms. The van der Waals surface area contributed by atoms with E-state index < -0.39 is 0 Å². The molecule has 1 aromatic heterocycles. The minimum absolute atomic E-state index is 0.462. The third kappa shape index (κ3) is 4.10. The summed E-state index contributed by atoms with van der Waals surface area (Å²) >= 11 is 12.5. The Kier molecular flexibility index (Phi) is 5.85. The third-order valence-electron chi connectivity index (χ3n) is 5.65. The average molecular weight is 458 g/mol. The van der Waals surface area contributed by atoms with Gasteiger partial charge in [-0.15, -0.1) is 0 Å². The van der Waals surface area contributed by atoms with Crippen molar-refractivity contribution in [3.63, 3.8) is 0 Å². The third-order valence-corrected chi connectivity index (χ3v) is 6.36. The highest BCUT2D eigenvalue weighted by atomic mass is 35.5. The zero-order chi connectivity index (χ0) is 21.9. The molecule has 5 aromatic rings. The molecule has 0 aliphatic heterocycles. The molecular weight excluding hydrogens is 437 g/mol. The molecule has 0 bridgehead atoms. The first kappa shape index (κ1) is 20.6. The highest BCUT2D eigenvalue weighted by Crippen LogP contribution is 2.25. The number of hydrogen-bond donors (Lipinski definition) is 1. The fraction of sp³-hybridized carbons (Fsp3) is 0.0741. The predicted octanol–water partition coefficient (Wildman–Crippen LogP) is 7.27. The number of aromatic nitrogens is 1. The first-order valence-electron chi connectivity index (χ1n) is 10.4. The van der Waals surface area contributed by atoms with E-state index in [4.69, 9.17) is 23.2 Å². The van der Waals surface area contributed by atoms with Gasteiger partial charge in [0.25, 0.3) is 0 Å². The molecule has 158 valence electrons. The molecule has 5 heteroatoms. The first-order chi connectivity index (χ1) is 15.7. The maximum Gasteiger partial charge on any atom is 0.0609 e. The number of nitrogens with one attached hydrogen (secondary N) is 1. The fourth-order valence-electron chi connectivity index (χ4n) is 4.06. The molecule has 0 fully saturated rings. The summed E-state index contributed by atoms with van der Waals surface area (Å²) < 4.78 is 2.28. The minimum Gasteiger partial charge on any atom is -0.342 e. The lowest BCUT2D eigenvalue weighted by Gasteiger charge is -2.09. The summed E-state index contributed by atoms with van der Waals surface area (Å²) in [4.78, 5) is 0. The maximum absolute atomic E-state index is 6.25. The Labute approximate surface area is 196 Å². The van der Waals surface area contributed by atoms with E-state index in [1.807, 2.05) is 24.4 Å². The second-order valence-electron chi connectivity index (χ2n) is 7.66. The van der Waals surface area contributed by atoms with Crippen LogP contribution in [0.1, 0.15) is 16.7 Å². The van der Waals surface area contributed by atoms with Crippen LogP contribution in [-0.2, 0) is 13.1 Å². The van der Waals surface area contributed by atoms with Gasteiger partial charge < -0.3 is 9.99 Å². The highest BCUT2D eigenvalue weighted by molar-refractivity contribution is 6.35. The van der Waals surface area contributed by atoms with Crippen LogP contribution < -0.4 is 5.43 Å². The lowest BCUT2D eigenvalue weighted by molar-refractivity contribution is 0.748. The second kappa shape index (κ2) is 9.07. The van der Waals surface area contributed by atoms with Gasteiger partial charge in [0.05, 0.1) is 12.8 Å². The van der Waals surface area contributed by atoms with Crippen LogP contribution in [0.4, 0.5) is 0 Å². The van der Waals surface area contributed by atoms with E-state index in [2.05, 4.69) is 88.0 Å². The molecule has 0 saturated carbocycles. The molecule has 4 aromatic carbocycles. The second-order valence-corrected chi connectivity index (χ2v) is 8.48. The molecule has 0 radical (unpaired) electrons. The maximum atomic E-state index is 6.25. The van der Waals surface area contributed by atoms with E-state index in [9.17, 15) is 0 Å². The van der Waals surface area contributed by atoms with Crippen molar-refractivity contribution in [3.05, 3.63) is 118 Å². The van der Waals surface area contributed by atoms with Crippen LogP contribution >= 0.6 is 23.2 Å². The van der Waals surface area contributed by atoms with Gasteiger partial charge in [-0.1, -0.05) is 89.9 Å². The Hall–Kier alpha value is -3.27. The minimum atomic E-state index is 0.462. The number of hydrazone groups is 1. The molecule has 0 aliphatic carbocycles. The van der Waals surface area contributed by atoms with Crippen LogP contribution in [0.25, 0.3) is 21.7 Å². The van der Waals surface area contributed by atoms with Gasteiger partial charge in [0.15, 0.2) is 0 Å². The molecule has 0 unspecified atom stereocenters. The van der Waals surface area contributed by atoms with Crippen molar-refractivity contribution >= 4 is 51.1 Å². The Morgan fingerprint density at radius 1 is 0.781 bits per heavy atom. The van der Waals surface area contributed by atoms with Gasteiger partial charge in [0.2, 0.25) is 0 Å². The highest BCUT2D eigenvalue weighted by Gasteiger charge is 2.09. The van der Waals surface area contributed by atoms with Crippen molar-refractivity contribution in [2.75, 3.05) is 0 Å². The molecule has 1 N–H and O–H groups in total. The van der Waals surface area contributed by atoms with Crippen molar-refractivity contribution in [2.24, 2.45) is 5.10 Å². The van der Waals surface area contributed by atoms with Crippen LogP contribution in [-0.4, -0.2) is 10.8 Å².